The lowest BCUT2D eigenvalue weighted by molar-refractivity contribution is -0.185. The molecule has 226 valence electrons. The molecule has 7 heteroatoms. The molecule has 0 bridgehead atoms. The molecule has 0 N–H and O–H groups in total. The molecule has 0 aromatic heterocycles. The summed E-state index contributed by atoms with van der Waals surface area (Å²) in [4.78, 5) is 0. The van der Waals surface area contributed by atoms with E-state index in [1.807, 2.05) is 0 Å². The van der Waals surface area contributed by atoms with E-state index in [0.29, 0.717) is 5.92 Å². The van der Waals surface area contributed by atoms with Gasteiger partial charge in [-0.15, -0.1) is 0 Å². The predicted octanol–water partition coefficient (Wildman–Crippen LogP) is 11.6. The van der Waals surface area contributed by atoms with Crippen molar-refractivity contribution in [3.8, 4) is 28.0 Å². The number of hydrogen-bond donors (Lipinski definition) is 0. The van der Waals surface area contributed by atoms with Crippen LogP contribution in [-0.4, -0.2) is 0 Å². The lowest BCUT2D eigenvalue weighted by Gasteiger charge is -2.29. The Balaban J connectivity index is 1.24. The number of unbranched alkanes of at least 4 members (excludes halogenated alkanes) is 2. The SMILES string of the molecule is CCCCCC1CCC(c2ccc(C(F)(F)Oc3ccc(-c4ccc(-c5ccc(F)c(F)c5)c(F)c4)c(F)c3)cc2)CC1. The topological polar surface area (TPSA) is 9.23 Å². The molecule has 0 aliphatic heterocycles. The number of hydrogen-bond acceptors (Lipinski definition) is 1. The van der Waals surface area contributed by atoms with E-state index < -0.39 is 29.4 Å². The summed E-state index contributed by atoms with van der Waals surface area (Å²) in [5, 5.41) is 0. The Hall–Kier alpha value is -3.74. The summed E-state index contributed by atoms with van der Waals surface area (Å²) in [6.45, 7) is 2.21. The minimum atomic E-state index is -3.69. The molecule has 43 heavy (non-hydrogen) atoms. The van der Waals surface area contributed by atoms with Gasteiger partial charge in [0.1, 0.15) is 17.4 Å². The average Bonchev–Trinajstić information content (AvgIpc) is 2.99. The fourth-order valence-electron chi connectivity index (χ4n) is 6.00. The number of alkyl halides is 2. The van der Waals surface area contributed by atoms with Gasteiger partial charge in [-0.2, -0.15) is 8.78 Å². The van der Waals surface area contributed by atoms with Crippen molar-refractivity contribution in [2.45, 2.75) is 70.3 Å². The molecule has 5 rings (SSSR count). The van der Waals surface area contributed by atoms with Crippen LogP contribution in [0.1, 0.15) is 75.3 Å². The molecule has 1 nitrogen and oxygen atoms in total. The van der Waals surface area contributed by atoms with Crippen LogP contribution in [0.25, 0.3) is 22.3 Å². The second-order valence-electron chi connectivity index (χ2n) is 11.4. The maximum Gasteiger partial charge on any atom is 0.426 e. The van der Waals surface area contributed by atoms with Gasteiger partial charge in [-0.1, -0.05) is 62.9 Å². The van der Waals surface area contributed by atoms with Gasteiger partial charge in [0.15, 0.2) is 11.6 Å². The first-order valence-electron chi connectivity index (χ1n) is 14.9. The van der Waals surface area contributed by atoms with E-state index in [4.69, 9.17) is 4.74 Å². The molecule has 1 aliphatic carbocycles. The molecule has 1 saturated carbocycles. The molecule has 0 heterocycles. The normalized spacial score (nSPS) is 17.2. The fraction of sp³-hybridized carbons (Fsp3) is 0.333. The Morgan fingerprint density at radius 2 is 1.26 bits per heavy atom. The van der Waals surface area contributed by atoms with Crippen LogP contribution in [0.2, 0.25) is 0 Å². The van der Waals surface area contributed by atoms with Crippen LogP contribution in [-0.2, 0) is 6.11 Å². The smallest absolute Gasteiger partial charge is 0.426 e. The average molecular weight is 597 g/mol. The molecule has 0 atom stereocenters. The minimum absolute atomic E-state index is 0.00348. The van der Waals surface area contributed by atoms with E-state index in [2.05, 4.69) is 6.92 Å². The lowest BCUT2D eigenvalue weighted by Crippen LogP contribution is -2.22. The highest BCUT2D eigenvalue weighted by molar-refractivity contribution is 5.71. The molecule has 0 radical (unpaired) electrons. The summed E-state index contributed by atoms with van der Waals surface area (Å²) < 4.78 is 91.7. The molecule has 0 amide bonds. The first-order chi connectivity index (χ1) is 20.6. The Morgan fingerprint density at radius 1 is 0.651 bits per heavy atom. The van der Waals surface area contributed by atoms with E-state index in [-0.39, 0.29) is 33.6 Å². The van der Waals surface area contributed by atoms with Crippen molar-refractivity contribution in [3.05, 3.63) is 113 Å². The molecule has 4 aromatic rings. The van der Waals surface area contributed by atoms with Crippen LogP contribution in [0.4, 0.5) is 26.3 Å². The minimum Gasteiger partial charge on any atom is -0.429 e. The molecule has 0 saturated heterocycles. The second kappa shape index (κ2) is 13.3. The van der Waals surface area contributed by atoms with E-state index in [1.165, 1.54) is 81.0 Å². The Labute approximate surface area is 248 Å². The maximum absolute atomic E-state index is 15.0. The highest BCUT2D eigenvalue weighted by Crippen LogP contribution is 2.40. The highest BCUT2D eigenvalue weighted by atomic mass is 19.3. The molecular weight excluding hydrogens is 562 g/mol. The van der Waals surface area contributed by atoms with Crippen LogP contribution in [0.5, 0.6) is 5.75 Å². The van der Waals surface area contributed by atoms with Gasteiger partial charge in [-0.05, 0) is 96.7 Å². The molecule has 0 spiro atoms. The van der Waals surface area contributed by atoms with E-state index in [1.54, 1.807) is 12.1 Å². The number of halogens is 6. The third-order valence-corrected chi connectivity index (χ3v) is 8.48. The molecule has 4 aromatic carbocycles. The van der Waals surface area contributed by atoms with Crippen LogP contribution >= 0.6 is 0 Å². The molecular formula is C36H34F6O. The zero-order valence-electron chi connectivity index (χ0n) is 24.0. The summed E-state index contributed by atoms with van der Waals surface area (Å²) >= 11 is 0. The van der Waals surface area contributed by atoms with Gasteiger partial charge in [-0.25, -0.2) is 17.6 Å². The quantitative estimate of drug-likeness (QED) is 0.131. The van der Waals surface area contributed by atoms with Crippen molar-refractivity contribution < 1.29 is 31.1 Å². The van der Waals surface area contributed by atoms with E-state index in [0.717, 1.165) is 48.6 Å². The molecule has 0 unspecified atom stereocenters. The van der Waals surface area contributed by atoms with Gasteiger partial charge in [-0.3, -0.25) is 0 Å². The highest BCUT2D eigenvalue weighted by Gasteiger charge is 2.35. The number of rotatable bonds is 10. The largest absolute Gasteiger partial charge is 0.429 e. The van der Waals surface area contributed by atoms with Crippen molar-refractivity contribution in [2.24, 2.45) is 5.92 Å². The summed E-state index contributed by atoms with van der Waals surface area (Å²) in [6, 6.07) is 16.2. The third kappa shape index (κ3) is 7.26. The Morgan fingerprint density at radius 3 is 1.86 bits per heavy atom. The Kier molecular flexibility index (Phi) is 9.48. The van der Waals surface area contributed by atoms with Gasteiger partial charge < -0.3 is 4.74 Å². The Bertz CT molecular complexity index is 1540. The number of ether oxygens (including phenoxy) is 1. The first-order valence-corrected chi connectivity index (χ1v) is 14.9. The van der Waals surface area contributed by atoms with Gasteiger partial charge in [0.2, 0.25) is 0 Å². The van der Waals surface area contributed by atoms with Crippen LogP contribution < -0.4 is 4.74 Å². The van der Waals surface area contributed by atoms with E-state index in [9.17, 15) is 13.2 Å². The zero-order chi connectivity index (χ0) is 30.6. The summed E-state index contributed by atoms with van der Waals surface area (Å²) in [5.74, 6) is -3.09. The monoisotopic (exact) mass is 596 g/mol. The van der Waals surface area contributed by atoms with Crippen LogP contribution in [0, 0.1) is 29.2 Å². The van der Waals surface area contributed by atoms with Crippen molar-refractivity contribution >= 4 is 0 Å². The standard InChI is InChI=1S/C36H34F6O/c1-2-3-4-5-23-6-8-24(9-7-23)25-10-14-28(15-11-25)36(41,42)43-29-16-18-31(34(39)22-29)26-12-17-30(33(38)20-26)27-13-19-32(37)35(40)21-27/h10-24H,2-9H2,1H3. The van der Waals surface area contributed by atoms with Crippen LogP contribution in [0.3, 0.4) is 0 Å². The van der Waals surface area contributed by atoms with Gasteiger partial charge >= 0.3 is 6.11 Å². The van der Waals surface area contributed by atoms with Gasteiger partial charge in [0.05, 0.1) is 5.56 Å². The fourth-order valence-corrected chi connectivity index (χ4v) is 6.00. The van der Waals surface area contributed by atoms with Crippen LogP contribution in [0.15, 0.2) is 78.9 Å². The van der Waals surface area contributed by atoms with Crippen molar-refractivity contribution in [3.63, 3.8) is 0 Å². The summed E-state index contributed by atoms with van der Waals surface area (Å²) in [6.07, 6.45) is 5.80. The van der Waals surface area contributed by atoms with Crippen molar-refractivity contribution in [2.75, 3.05) is 0 Å². The third-order valence-electron chi connectivity index (χ3n) is 8.48. The zero-order valence-corrected chi connectivity index (χ0v) is 24.0. The van der Waals surface area contributed by atoms with Gasteiger partial charge in [0.25, 0.3) is 0 Å². The first kappa shape index (κ1) is 30.7. The molecule has 1 aliphatic rings. The van der Waals surface area contributed by atoms with E-state index >= 15 is 13.2 Å². The van der Waals surface area contributed by atoms with Crippen molar-refractivity contribution in [1.82, 2.24) is 0 Å². The second-order valence-corrected chi connectivity index (χ2v) is 11.4. The predicted molar refractivity (Wildman–Crippen MR) is 157 cm³/mol. The van der Waals surface area contributed by atoms with Crippen molar-refractivity contribution in [1.29, 1.82) is 0 Å². The summed E-state index contributed by atoms with van der Waals surface area (Å²) in [7, 11) is 0. The lowest BCUT2D eigenvalue weighted by atomic mass is 9.77. The maximum atomic E-state index is 15.0. The number of benzene rings is 4. The van der Waals surface area contributed by atoms with Gasteiger partial charge in [0, 0.05) is 17.2 Å². The summed E-state index contributed by atoms with van der Waals surface area (Å²) in [5.41, 5.74) is 0.950. The molecule has 1 fully saturated rings.